The number of thioether (sulfide) groups is 1. The Kier molecular flexibility index (Phi) is 8.47. The van der Waals surface area contributed by atoms with Crippen molar-refractivity contribution < 1.29 is 0 Å². The largest absolute Gasteiger partial charge is 0.311 e. The third-order valence-electron chi connectivity index (χ3n) is 5.60. The van der Waals surface area contributed by atoms with Crippen molar-refractivity contribution in [2.45, 2.75) is 24.7 Å². The number of tetrazole rings is 1. The van der Waals surface area contributed by atoms with Crippen LogP contribution in [0, 0.1) is 0 Å². The fourth-order valence-electron chi connectivity index (χ4n) is 3.78. The number of rotatable bonds is 11. The molecule has 0 spiro atoms. The molecule has 188 valence electrons. The maximum absolute atomic E-state index is 6.38. The number of benzene rings is 3. The minimum Gasteiger partial charge on any atom is -0.311 e. The predicted octanol–water partition coefficient (Wildman–Crippen LogP) is 5.55. The van der Waals surface area contributed by atoms with Crippen LogP contribution < -0.4 is 5.32 Å². The van der Waals surface area contributed by atoms with Gasteiger partial charge in [-0.25, -0.2) is 0 Å². The first kappa shape index (κ1) is 25.4. The molecular formula is C26H24Cl2N8S. The summed E-state index contributed by atoms with van der Waals surface area (Å²) >= 11 is 14.4. The van der Waals surface area contributed by atoms with Crippen LogP contribution in [0.25, 0.3) is 16.9 Å². The average molecular weight is 552 g/mol. The van der Waals surface area contributed by atoms with Crippen molar-refractivity contribution >= 4 is 35.0 Å². The monoisotopic (exact) mass is 550 g/mol. The zero-order chi connectivity index (χ0) is 25.5. The second-order valence-electron chi connectivity index (χ2n) is 8.18. The molecule has 5 aromatic rings. The van der Waals surface area contributed by atoms with Crippen molar-refractivity contribution in [3.8, 4) is 16.9 Å². The molecule has 3 aromatic carbocycles. The van der Waals surface area contributed by atoms with Crippen LogP contribution in [0.3, 0.4) is 0 Å². The van der Waals surface area contributed by atoms with Crippen molar-refractivity contribution in [2.24, 2.45) is 0 Å². The Labute approximate surface area is 229 Å². The van der Waals surface area contributed by atoms with Gasteiger partial charge in [0, 0.05) is 33.5 Å². The minimum atomic E-state index is 0.394. The lowest BCUT2D eigenvalue weighted by atomic mass is 10.1. The van der Waals surface area contributed by atoms with Gasteiger partial charge in [-0.3, -0.25) is 0 Å². The van der Waals surface area contributed by atoms with E-state index in [1.54, 1.807) is 21.2 Å². The number of nitrogens with zero attached hydrogens (tertiary/aromatic N) is 7. The summed E-state index contributed by atoms with van der Waals surface area (Å²) in [5.74, 6) is 0.878. The molecule has 37 heavy (non-hydrogen) atoms. The molecular weight excluding hydrogens is 527 g/mol. The Hall–Kier alpha value is -3.24. The number of nitrogens with one attached hydrogen (secondary N) is 1. The van der Waals surface area contributed by atoms with Crippen molar-refractivity contribution in [3.63, 3.8) is 0 Å². The average Bonchev–Trinajstić information content (AvgIpc) is 3.56. The van der Waals surface area contributed by atoms with Crippen LogP contribution in [0.1, 0.15) is 17.7 Å². The number of aromatic nitrogens is 7. The van der Waals surface area contributed by atoms with Gasteiger partial charge in [-0.15, -0.1) is 5.10 Å². The van der Waals surface area contributed by atoms with Crippen LogP contribution in [-0.2, 0) is 13.1 Å². The molecule has 1 N–H and O–H groups in total. The second-order valence-corrected chi connectivity index (χ2v) is 10.1. The molecule has 11 heteroatoms. The first-order chi connectivity index (χ1) is 18.2. The Morgan fingerprint density at radius 1 is 0.838 bits per heavy atom. The quantitative estimate of drug-likeness (QED) is 0.170. The molecule has 0 fully saturated rings. The van der Waals surface area contributed by atoms with E-state index in [1.807, 2.05) is 78.9 Å². The van der Waals surface area contributed by atoms with Crippen LogP contribution in [0.4, 0.5) is 0 Å². The van der Waals surface area contributed by atoms with Gasteiger partial charge in [-0.05, 0) is 47.7 Å². The molecule has 2 aromatic heterocycles. The highest BCUT2D eigenvalue weighted by Crippen LogP contribution is 2.26. The van der Waals surface area contributed by atoms with Gasteiger partial charge in [0.1, 0.15) is 11.4 Å². The van der Waals surface area contributed by atoms with Crippen molar-refractivity contribution in [1.82, 2.24) is 40.5 Å². The summed E-state index contributed by atoms with van der Waals surface area (Å²) in [6, 6.07) is 25.4. The zero-order valence-electron chi connectivity index (χ0n) is 19.8. The Morgan fingerprint density at radius 3 is 2.32 bits per heavy atom. The highest BCUT2D eigenvalue weighted by Gasteiger charge is 2.15. The van der Waals surface area contributed by atoms with Crippen LogP contribution >= 0.6 is 35.0 Å². The normalized spacial score (nSPS) is 11.2. The Balaban J connectivity index is 1.20. The maximum Gasteiger partial charge on any atom is 0.214 e. The van der Waals surface area contributed by atoms with Crippen molar-refractivity contribution in [1.29, 1.82) is 0 Å². The smallest absolute Gasteiger partial charge is 0.214 e. The molecule has 8 nitrogen and oxygen atoms in total. The summed E-state index contributed by atoms with van der Waals surface area (Å²) < 4.78 is 1.76. The summed E-state index contributed by atoms with van der Waals surface area (Å²) in [6.07, 6.45) is 0.941. The molecule has 0 unspecified atom stereocenters. The molecule has 0 radical (unpaired) electrons. The summed E-state index contributed by atoms with van der Waals surface area (Å²) in [5.41, 5.74) is 4.47. The zero-order valence-corrected chi connectivity index (χ0v) is 22.2. The lowest BCUT2D eigenvalue weighted by molar-refractivity contribution is 0.576. The molecule has 0 bridgehead atoms. The van der Waals surface area contributed by atoms with Gasteiger partial charge in [0.2, 0.25) is 5.16 Å². The van der Waals surface area contributed by atoms with Crippen LogP contribution in [-0.4, -0.2) is 47.5 Å². The van der Waals surface area contributed by atoms with Gasteiger partial charge < -0.3 is 5.32 Å². The summed E-state index contributed by atoms with van der Waals surface area (Å²) in [4.78, 5) is 1.66. The molecule has 0 saturated heterocycles. The highest BCUT2D eigenvalue weighted by atomic mass is 35.5. The molecule has 0 atom stereocenters. The maximum atomic E-state index is 6.38. The van der Waals surface area contributed by atoms with E-state index in [4.69, 9.17) is 33.4 Å². The molecule has 0 saturated carbocycles. The van der Waals surface area contributed by atoms with Gasteiger partial charge in [0.25, 0.3) is 0 Å². The van der Waals surface area contributed by atoms with E-state index in [2.05, 4.69) is 20.8 Å². The van der Waals surface area contributed by atoms with Gasteiger partial charge in [-0.1, -0.05) is 89.6 Å². The van der Waals surface area contributed by atoms with Gasteiger partial charge in [0.05, 0.1) is 12.2 Å². The first-order valence-corrected chi connectivity index (χ1v) is 13.5. The summed E-state index contributed by atoms with van der Waals surface area (Å²) in [6.45, 7) is 1.80. The van der Waals surface area contributed by atoms with E-state index in [-0.39, 0.29) is 0 Å². The number of halogens is 2. The fourth-order valence-corrected chi connectivity index (χ4v) is 5.13. The van der Waals surface area contributed by atoms with Gasteiger partial charge >= 0.3 is 0 Å². The topological polar surface area (TPSA) is 86.3 Å². The molecule has 0 aliphatic carbocycles. The lowest BCUT2D eigenvalue weighted by Gasteiger charge is -2.06. The minimum absolute atomic E-state index is 0.394. The van der Waals surface area contributed by atoms with E-state index in [0.717, 1.165) is 52.1 Å². The van der Waals surface area contributed by atoms with E-state index < -0.39 is 0 Å². The van der Waals surface area contributed by atoms with Crippen LogP contribution in [0.2, 0.25) is 10.0 Å². The Bertz CT molecular complexity index is 1420. The lowest BCUT2D eigenvalue weighted by Crippen LogP contribution is -2.16. The highest BCUT2D eigenvalue weighted by molar-refractivity contribution is 7.99. The first-order valence-electron chi connectivity index (χ1n) is 11.8. The number of hydrogen-bond donors (Lipinski definition) is 1. The molecule has 0 aliphatic heterocycles. The van der Waals surface area contributed by atoms with E-state index in [9.17, 15) is 0 Å². The third-order valence-corrected chi connectivity index (χ3v) is 7.31. The van der Waals surface area contributed by atoms with Crippen LogP contribution in [0.5, 0.6) is 0 Å². The van der Waals surface area contributed by atoms with Crippen molar-refractivity contribution in [2.75, 3.05) is 12.3 Å². The molecule has 2 heterocycles. The number of para-hydroxylation sites is 1. The van der Waals surface area contributed by atoms with Crippen molar-refractivity contribution in [3.05, 3.63) is 100 Å². The standard InChI is InChI=1S/C26H24Cl2N8S/c27-22-13-7-14-23(28)21(22)18-35-31-24(25(32-35)19-9-3-1-4-10-19)17-29-15-8-16-37-26-30-33-34-36(26)20-11-5-2-6-12-20/h1-7,9-14,29H,8,15-18H2. The number of hydrogen-bond acceptors (Lipinski definition) is 7. The van der Waals surface area contributed by atoms with Crippen LogP contribution in [0.15, 0.2) is 84.0 Å². The van der Waals surface area contributed by atoms with E-state index in [1.165, 1.54) is 0 Å². The molecule has 5 rings (SSSR count). The fraction of sp³-hybridized carbons (Fsp3) is 0.192. The molecule has 0 aliphatic rings. The molecule has 0 amide bonds. The Morgan fingerprint density at radius 2 is 1.57 bits per heavy atom. The predicted molar refractivity (Wildman–Crippen MR) is 147 cm³/mol. The SMILES string of the molecule is Clc1cccc(Cl)c1Cn1nc(CNCCCSc2nnnn2-c2ccccc2)c(-c2ccccc2)n1. The second kappa shape index (κ2) is 12.3. The summed E-state index contributed by atoms with van der Waals surface area (Å²) in [5, 5.41) is 27.1. The van der Waals surface area contributed by atoms with E-state index in [0.29, 0.717) is 23.1 Å². The third kappa shape index (κ3) is 6.37. The van der Waals surface area contributed by atoms with E-state index >= 15 is 0 Å². The van der Waals surface area contributed by atoms with Gasteiger partial charge in [0.15, 0.2) is 0 Å². The summed E-state index contributed by atoms with van der Waals surface area (Å²) in [7, 11) is 0. The van der Waals surface area contributed by atoms with Gasteiger partial charge in [-0.2, -0.15) is 19.7 Å².